The topological polar surface area (TPSA) is 44.5 Å². The van der Waals surface area contributed by atoms with E-state index in [1.54, 1.807) is 0 Å². The van der Waals surface area contributed by atoms with Crippen LogP contribution in [-0.4, -0.2) is 12.2 Å². The van der Waals surface area contributed by atoms with Crippen LogP contribution in [0.15, 0.2) is 18.2 Å². The molecule has 1 aromatic rings. The van der Waals surface area contributed by atoms with Crippen molar-refractivity contribution in [2.75, 3.05) is 5.73 Å². The Balaban J connectivity index is 2.42. The van der Waals surface area contributed by atoms with Crippen LogP contribution in [0, 0.1) is 0 Å². The lowest BCUT2D eigenvalue weighted by Crippen LogP contribution is -2.35. The van der Waals surface area contributed by atoms with E-state index in [1.807, 2.05) is 32.0 Å². The lowest BCUT2D eigenvalue weighted by atomic mass is 10.2. The van der Waals surface area contributed by atoms with Gasteiger partial charge in [-0.1, -0.05) is 6.07 Å². The van der Waals surface area contributed by atoms with Crippen molar-refractivity contribution >= 4 is 5.69 Å². The molecule has 0 aliphatic carbocycles. The molecule has 2 rings (SSSR count). The first-order chi connectivity index (χ1) is 6.18. The van der Waals surface area contributed by atoms with E-state index in [0.717, 1.165) is 5.75 Å². The zero-order valence-electron chi connectivity index (χ0n) is 7.78. The Morgan fingerprint density at radius 3 is 2.62 bits per heavy atom. The molecular formula is C10H13NO2. The minimum atomic E-state index is 0.0530. The van der Waals surface area contributed by atoms with Crippen molar-refractivity contribution in [1.29, 1.82) is 0 Å². The molecule has 3 heteroatoms. The summed E-state index contributed by atoms with van der Waals surface area (Å²) in [5.41, 5.74) is 6.38. The Morgan fingerprint density at radius 1 is 1.15 bits per heavy atom. The zero-order valence-corrected chi connectivity index (χ0v) is 7.78. The molecule has 0 bridgehead atoms. The number of nitrogens with two attached hydrogens (primary N) is 1. The summed E-state index contributed by atoms with van der Waals surface area (Å²) in [7, 11) is 0. The number of hydrogen-bond donors (Lipinski definition) is 1. The normalized spacial score (nSPS) is 25.7. The largest absolute Gasteiger partial charge is 0.483 e. The van der Waals surface area contributed by atoms with Gasteiger partial charge in [-0.2, -0.15) is 0 Å². The predicted molar refractivity (Wildman–Crippen MR) is 51.0 cm³/mol. The van der Waals surface area contributed by atoms with Crippen molar-refractivity contribution in [2.45, 2.75) is 26.1 Å². The van der Waals surface area contributed by atoms with Crippen LogP contribution in [0.5, 0.6) is 11.5 Å². The molecule has 0 spiro atoms. The second-order valence-electron chi connectivity index (χ2n) is 3.32. The Hall–Kier alpha value is -1.38. The third kappa shape index (κ3) is 1.30. The van der Waals surface area contributed by atoms with E-state index in [9.17, 15) is 0 Å². The van der Waals surface area contributed by atoms with Crippen LogP contribution in [0.2, 0.25) is 0 Å². The lowest BCUT2D eigenvalue weighted by Gasteiger charge is -2.30. The van der Waals surface area contributed by atoms with Gasteiger partial charge in [0, 0.05) is 0 Å². The molecule has 1 aliphatic heterocycles. The molecule has 0 saturated heterocycles. The minimum absolute atomic E-state index is 0.0530. The van der Waals surface area contributed by atoms with Gasteiger partial charge >= 0.3 is 0 Å². The highest BCUT2D eigenvalue weighted by Crippen LogP contribution is 2.38. The average Bonchev–Trinajstić information content (AvgIpc) is 2.09. The summed E-state index contributed by atoms with van der Waals surface area (Å²) in [6.07, 6.45) is 0.131. The summed E-state index contributed by atoms with van der Waals surface area (Å²) in [6.45, 7) is 3.96. The summed E-state index contributed by atoms with van der Waals surface area (Å²) in [6, 6.07) is 5.54. The van der Waals surface area contributed by atoms with Gasteiger partial charge in [0.2, 0.25) is 0 Å². The van der Waals surface area contributed by atoms with Crippen LogP contribution >= 0.6 is 0 Å². The predicted octanol–water partition coefficient (Wildman–Crippen LogP) is 1.82. The summed E-state index contributed by atoms with van der Waals surface area (Å²) in [4.78, 5) is 0. The van der Waals surface area contributed by atoms with Gasteiger partial charge in [0.25, 0.3) is 0 Å². The molecule has 70 valence electrons. The van der Waals surface area contributed by atoms with Crippen LogP contribution in [-0.2, 0) is 0 Å². The molecule has 2 atom stereocenters. The van der Waals surface area contributed by atoms with Crippen molar-refractivity contribution < 1.29 is 9.47 Å². The summed E-state index contributed by atoms with van der Waals surface area (Å²) >= 11 is 0. The Labute approximate surface area is 77.5 Å². The van der Waals surface area contributed by atoms with E-state index >= 15 is 0 Å². The molecule has 1 aliphatic rings. The van der Waals surface area contributed by atoms with Crippen molar-refractivity contribution in [3.05, 3.63) is 18.2 Å². The second-order valence-corrected chi connectivity index (χ2v) is 3.32. The van der Waals surface area contributed by atoms with E-state index in [2.05, 4.69) is 0 Å². The van der Waals surface area contributed by atoms with Crippen LogP contribution in [0.4, 0.5) is 5.69 Å². The Kier molecular flexibility index (Phi) is 1.79. The molecule has 3 nitrogen and oxygen atoms in total. The number of benzene rings is 1. The van der Waals surface area contributed by atoms with Crippen molar-refractivity contribution in [3.63, 3.8) is 0 Å². The number of para-hydroxylation sites is 1. The average molecular weight is 179 g/mol. The molecule has 0 saturated carbocycles. The van der Waals surface area contributed by atoms with Gasteiger partial charge < -0.3 is 15.2 Å². The van der Waals surface area contributed by atoms with Gasteiger partial charge in [-0.05, 0) is 26.0 Å². The maximum atomic E-state index is 5.74. The molecule has 1 heterocycles. The summed E-state index contributed by atoms with van der Waals surface area (Å²) in [5, 5.41) is 0. The number of rotatable bonds is 0. The summed E-state index contributed by atoms with van der Waals surface area (Å²) in [5.74, 6) is 1.42. The maximum absolute atomic E-state index is 5.74. The van der Waals surface area contributed by atoms with Gasteiger partial charge in [-0.3, -0.25) is 0 Å². The van der Waals surface area contributed by atoms with E-state index in [-0.39, 0.29) is 12.2 Å². The van der Waals surface area contributed by atoms with Crippen molar-refractivity contribution in [1.82, 2.24) is 0 Å². The molecule has 1 aromatic carbocycles. The molecule has 13 heavy (non-hydrogen) atoms. The molecular weight excluding hydrogens is 166 g/mol. The molecule has 0 fully saturated rings. The SMILES string of the molecule is CC1Oc2c(N)cccc2O[C@H]1C. The maximum Gasteiger partial charge on any atom is 0.184 e. The van der Waals surface area contributed by atoms with Gasteiger partial charge in [0.05, 0.1) is 5.69 Å². The summed E-state index contributed by atoms with van der Waals surface area (Å²) < 4.78 is 11.2. The molecule has 0 radical (unpaired) electrons. The number of anilines is 1. The van der Waals surface area contributed by atoms with Crippen LogP contribution < -0.4 is 15.2 Å². The van der Waals surface area contributed by atoms with Gasteiger partial charge in [0.15, 0.2) is 11.5 Å². The third-order valence-corrected chi connectivity index (χ3v) is 2.29. The standard InChI is InChI=1S/C10H13NO2/c1-6-7(2)13-10-8(11)4-3-5-9(10)12-6/h3-7H,11H2,1-2H3/t6-,7?/m0/s1. The van der Waals surface area contributed by atoms with E-state index < -0.39 is 0 Å². The van der Waals surface area contributed by atoms with E-state index in [4.69, 9.17) is 15.2 Å². The fourth-order valence-corrected chi connectivity index (χ4v) is 1.33. The number of hydrogen-bond acceptors (Lipinski definition) is 3. The van der Waals surface area contributed by atoms with Crippen LogP contribution in [0.1, 0.15) is 13.8 Å². The van der Waals surface area contributed by atoms with Crippen LogP contribution in [0.25, 0.3) is 0 Å². The zero-order chi connectivity index (χ0) is 9.42. The minimum Gasteiger partial charge on any atom is -0.483 e. The molecule has 0 aromatic heterocycles. The first-order valence-corrected chi connectivity index (χ1v) is 4.40. The first kappa shape index (κ1) is 8.23. The monoisotopic (exact) mass is 179 g/mol. The fraction of sp³-hybridized carbons (Fsp3) is 0.400. The van der Waals surface area contributed by atoms with Gasteiger partial charge in [-0.15, -0.1) is 0 Å². The Morgan fingerprint density at radius 2 is 1.85 bits per heavy atom. The second kappa shape index (κ2) is 2.83. The highest BCUT2D eigenvalue weighted by molar-refractivity contribution is 5.60. The number of nitrogen functional groups attached to an aromatic ring is 1. The third-order valence-electron chi connectivity index (χ3n) is 2.29. The fourth-order valence-electron chi connectivity index (χ4n) is 1.33. The lowest BCUT2D eigenvalue weighted by molar-refractivity contribution is 0.0438. The van der Waals surface area contributed by atoms with Crippen LogP contribution in [0.3, 0.4) is 0 Å². The number of fused-ring (bicyclic) bond motifs is 1. The van der Waals surface area contributed by atoms with Gasteiger partial charge in [-0.25, -0.2) is 0 Å². The van der Waals surface area contributed by atoms with E-state index in [0.29, 0.717) is 11.4 Å². The van der Waals surface area contributed by atoms with Crippen molar-refractivity contribution in [3.8, 4) is 11.5 Å². The molecule has 0 amide bonds. The highest BCUT2D eigenvalue weighted by atomic mass is 16.6. The quantitative estimate of drug-likeness (QED) is 0.618. The highest BCUT2D eigenvalue weighted by Gasteiger charge is 2.25. The Bertz CT molecular complexity index is 325. The first-order valence-electron chi connectivity index (χ1n) is 4.40. The molecule has 2 N–H and O–H groups in total. The van der Waals surface area contributed by atoms with Gasteiger partial charge in [0.1, 0.15) is 12.2 Å². The smallest absolute Gasteiger partial charge is 0.184 e. The number of ether oxygens (including phenoxy) is 2. The van der Waals surface area contributed by atoms with Crippen molar-refractivity contribution in [2.24, 2.45) is 0 Å². The van der Waals surface area contributed by atoms with E-state index in [1.165, 1.54) is 0 Å². The molecule has 1 unspecified atom stereocenters.